The second-order valence-corrected chi connectivity index (χ2v) is 5.02. The minimum absolute atomic E-state index is 0.0249. The third-order valence-corrected chi connectivity index (χ3v) is 3.45. The molecule has 0 N–H and O–H groups in total. The zero-order valence-corrected chi connectivity index (χ0v) is 11.5. The average molecular weight is 259 g/mol. The van der Waals surface area contributed by atoms with Crippen molar-refractivity contribution in [2.24, 2.45) is 0 Å². The first-order valence-corrected chi connectivity index (χ1v) is 6.25. The molecule has 0 aliphatic carbocycles. The van der Waals surface area contributed by atoms with Crippen molar-refractivity contribution in [3.8, 4) is 0 Å². The molecular formula is C16H15ClO. The lowest BCUT2D eigenvalue weighted by molar-refractivity contribution is 0.103. The Kier molecular flexibility index (Phi) is 3.53. The molecule has 0 spiro atoms. The number of hydrogen-bond donors (Lipinski definition) is 0. The fourth-order valence-corrected chi connectivity index (χ4v) is 2.12. The largest absolute Gasteiger partial charge is 0.289 e. The normalized spacial score (nSPS) is 10.4. The van der Waals surface area contributed by atoms with E-state index in [-0.39, 0.29) is 5.78 Å². The molecule has 0 atom stereocenters. The third kappa shape index (κ3) is 2.46. The lowest BCUT2D eigenvalue weighted by atomic mass is 9.98. The van der Waals surface area contributed by atoms with Crippen molar-refractivity contribution in [1.29, 1.82) is 0 Å². The fourth-order valence-electron chi connectivity index (χ4n) is 1.82. The molecule has 0 aliphatic rings. The Morgan fingerprint density at radius 3 is 2.11 bits per heavy atom. The molecule has 0 unspecified atom stereocenters. The van der Waals surface area contributed by atoms with E-state index in [1.807, 2.05) is 57.2 Å². The van der Waals surface area contributed by atoms with Crippen LogP contribution in [0.15, 0.2) is 36.4 Å². The predicted molar refractivity (Wildman–Crippen MR) is 75.5 cm³/mol. The van der Waals surface area contributed by atoms with Crippen LogP contribution in [0.5, 0.6) is 0 Å². The fraction of sp³-hybridized carbons (Fsp3) is 0.188. The summed E-state index contributed by atoms with van der Waals surface area (Å²) in [5.41, 5.74) is 4.56. The molecule has 0 aliphatic heterocycles. The lowest BCUT2D eigenvalue weighted by Gasteiger charge is -2.08. The van der Waals surface area contributed by atoms with Crippen molar-refractivity contribution in [1.82, 2.24) is 0 Å². The van der Waals surface area contributed by atoms with E-state index in [1.165, 1.54) is 0 Å². The van der Waals surface area contributed by atoms with Gasteiger partial charge >= 0.3 is 0 Å². The zero-order chi connectivity index (χ0) is 13.3. The van der Waals surface area contributed by atoms with Gasteiger partial charge in [0, 0.05) is 11.1 Å². The van der Waals surface area contributed by atoms with Crippen LogP contribution >= 0.6 is 11.6 Å². The molecule has 1 nitrogen and oxygen atoms in total. The summed E-state index contributed by atoms with van der Waals surface area (Å²) in [6.07, 6.45) is 0. The van der Waals surface area contributed by atoms with E-state index < -0.39 is 0 Å². The van der Waals surface area contributed by atoms with Gasteiger partial charge in [-0.15, -0.1) is 0 Å². The Hall–Kier alpha value is -1.60. The van der Waals surface area contributed by atoms with Crippen LogP contribution in [0.2, 0.25) is 5.02 Å². The maximum atomic E-state index is 12.4. The van der Waals surface area contributed by atoms with E-state index in [0.717, 1.165) is 16.7 Å². The first-order valence-electron chi connectivity index (χ1n) is 5.87. The van der Waals surface area contributed by atoms with Crippen molar-refractivity contribution in [3.05, 3.63) is 69.2 Å². The van der Waals surface area contributed by atoms with Gasteiger partial charge in [-0.3, -0.25) is 4.79 Å². The van der Waals surface area contributed by atoms with Gasteiger partial charge in [0.1, 0.15) is 0 Å². The molecule has 0 saturated heterocycles. The highest BCUT2D eigenvalue weighted by atomic mass is 35.5. The topological polar surface area (TPSA) is 17.1 Å². The van der Waals surface area contributed by atoms with Gasteiger partial charge in [0.2, 0.25) is 0 Å². The van der Waals surface area contributed by atoms with Gasteiger partial charge in [0.25, 0.3) is 0 Å². The van der Waals surface area contributed by atoms with Gasteiger partial charge in [-0.05, 0) is 44.0 Å². The van der Waals surface area contributed by atoms with E-state index in [4.69, 9.17) is 11.6 Å². The number of halogens is 1. The SMILES string of the molecule is Cc1ccc(C(=O)c2cc(C)c(C)cc2Cl)cc1. The maximum Gasteiger partial charge on any atom is 0.194 e. The summed E-state index contributed by atoms with van der Waals surface area (Å²) in [5, 5.41) is 0.517. The van der Waals surface area contributed by atoms with E-state index in [9.17, 15) is 4.79 Å². The van der Waals surface area contributed by atoms with Crippen molar-refractivity contribution < 1.29 is 4.79 Å². The molecule has 0 bridgehead atoms. The summed E-state index contributed by atoms with van der Waals surface area (Å²) in [6, 6.07) is 11.2. The third-order valence-electron chi connectivity index (χ3n) is 3.14. The highest BCUT2D eigenvalue weighted by Crippen LogP contribution is 2.23. The first-order chi connectivity index (χ1) is 8.49. The molecule has 0 radical (unpaired) electrons. The van der Waals surface area contributed by atoms with Gasteiger partial charge < -0.3 is 0 Å². The van der Waals surface area contributed by atoms with Crippen LogP contribution in [-0.4, -0.2) is 5.78 Å². The molecule has 92 valence electrons. The number of benzene rings is 2. The van der Waals surface area contributed by atoms with Crippen molar-refractivity contribution in [2.45, 2.75) is 20.8 Å². The minimum atomic E-state index is -0.0249. The molecular weight excluding hydrogens is 244 g/mol. The molecule has 0 heterocycles. The van der Waals surface area contributed by atoms with Crippen molar-refractivity contribution in [2.75, 3.05) is 0 Å². The molecule has 0 aromatic heterocycles. The van der Waals surface area contributed by atoms with Crippen LogP contribution in [0.4, 0.5) is 0 Å². The van der Waals surface area contributed by atoms with E-state index in [0.29, 0.717) is 16.1 Å². The van der Waals surface area contributed by atoms with Crippen LogP contribution in [0.3, 0.4) is 0 Å². The van der Waals surface area contributed by atoms with Crippen LogP contribution in [0.1, 0.15) is 32.6 Å². The highest BCUT2D eigenvalue weighted by molar-refractivity contribution is 6.35. The van der Waals surface area contributed by atoms with Gasteiger partial charge in [-0.25, -0.2) is 0 Å². The Morgan fingerprint density at radius 2 is 1.50 bits per heavy atom. The second-order valence-electron chi connectivity index (χ2n) is 4.61. The Labute approximate surface area is 112 Å². The number of hydrogen-bond acceptors (Lipinski definition) is 1. The number of carbonyl (C=O) groups is 1. The highest BCUT2D eigenvalue weighted by Gasteiger charge is 2.13. The number of ketones is 1. The molecule has 0 saturated carbocycles. The molecule has 18 heavy (non-hydrogen) atoms. The van der Waals surface area contributed by atoms with Gasteiger partial charge in [0.15, 0.2) is 5.78 Å². The quantitative estimate of drug-likeness (QED) is 0.725. The molecule has 2 aromatic rings. The summed E-state index contributed by atoms with van der Waals surface area (Å²) < 4.78 is 0. The van der Waals surface area contributed by atoms with Crippen molar-refractivity contribution in [3.63, 3.8) is 0 Å². The van der Waals surface area contributed by atoms with Gasteiger partial charge in [-0.2, -0.15) is 0 Å². The van der Waals surface area contributed by atoms with Crippen LogP contribution in [0.25, 0.3) is 0 Å². The monoisotopic (exact) mass is 258 g/mol. The van der Waals surface area contributed by atoms with Crippen LogP contribution in [0, 0.1) is 20.8 Å². The predicted octanol–water partition coefficient (Wildman–Crippen LogP) is 4.50. The standard InChI is InChI=1S/C16H15ClO/c1-10-4-6-13(7-5-10)16(18)14-8-11(2)12(3)9-15(14)17/h4-9H,1-3H3. The summed E-state index contributed by atoms with van der Waals surface area (Å²) in [5.74, 6) is -0.0249. The van der Waals surface area contributed by atoms with Gasteiger partial charge in [0.05, 0.1) is 5.02 Å². The smallest absolute Gasteiger partial charge is 0.194 e. The van der Waals surface area contributed by atoms with E-state index in [2.05, 4.69) is 0 Å². The van der Waals surface area contributed by atoms with E-state index in [1.54, 1.807) is 0 Å². The van der Waals surface area contributed by atoms with Crippen molar-refractivity contribution >= 4 is 17.4 Å². The number of aryl methyl sites for hydroxylation is 3. The van der Waals surface area contributed by atoms with Crippen LogP contribution in [-0.2, 0) is 0 Å². The second kappa shape index (κ2) is 4.95. The molecule has 2 aromatic carbocycles. The summed E-state index contributed by atoms with van der Waals surface area (Å²) >= 11 is 6.16. The average Bonchev–Trinajstić information content (AvgIpc) is 2.34. The first kappa shape index (κ1) is 12.8. The minimum Gasteiger partial charge on any atom is -0.289 e. The summed E-state index contributed by atoms with van der Waals surface area (Å²) in [7, 11) is 0. The summed E-state index contributed by atoms with van der Waals surface area (Å²) in [4.78, 5) is 12.4. The molecule has 0 fully saturated rings. The van der Waals surface area contributed by atoms with Gasteiger partial charge in [-0.1, -0.05) is 41.4 Å². The zero-order valence-electron chi connectivity index (χ0n) is 10.8. The molecule has 2 rings (SSSR count). The Bertz CT molecular complexity index is 597. The maximum absolute atomic E-state index is 12.4. The number of rotatable bonds is 2. The van der Waals surface area contributed by atoms with Crippen LogP contribution < -0.4 is 0 Å². The lowest BCUT2D eigenvalue weighted by Crippen LogP contribution is -2.03. The summed E-state index contributed by atoms with van der Waals surface area (Å²) in [6.45, 7) is 5.97. The Morgan fingerprint density at radius 1 is 0.944 bits per heavy atom. The molecule has 0 amide bonds. The molecule has 2 heteroatoms. The Balaban J connectivity index is 2.46. The van der Waals surface area contributed by atoms with E-state index >= 15 is 0 Å². The number of carbonyl (C=O) groups excluding carboxylic acids is 1.